The van der Waals surface area contributed by atoms with Crippen LogP contribution in [-0.4, -0.2) is 94.2 Å². The van der Waals surface area contributed by atoms with Crippen molar-refractivity contribution in [2.75, 3.05) is 55.9 Å². The van der Waals surface area contributed by atoms with Gasteiger partial charge in [0.1, 0.15) is 34.8 Å². The molecule has 0 spiro atoms. The van der Waals surface area contributed by atoms with Crippen molar-refractivity contribution in [2.24, 2.45) is 5.92 Å². The van der Waals surface area contributed by atoms with Gasteiger partial charge in [-0.1, -0.05) is 0 Å². The Labute approximate surface area is 277 Å². The Morgan fingerprint density at radius 3 is 2.16 bits per heavy atom. The fraction of sp³-hybridized carbons (Fsp3) is 0.567. The second-order valence-electron chi connectivity index (χ2n) is 12.3. The maximum Gasteiger partial charge on any atom is 0.421 e. The van der Waals surface area contributed by atoms with Gasteiger partial charge in [-0.25, -0.2) is 35.8 Å². The number of nitrogens with one attached hydrogen (secondary N) is 2. The molecule has 19 heteroatoms. The van der Waals surface area contributed by atoms with E-state index in [9.17, 15) is 40.0 Å². The largest absolute Gasteiger partial charge is 0.497 e. The Bertz CT molecular complexity index is 1640. The quantitative estimate of drug-likeness (QED) is 0.394. The first-order valence-electron chi connectivity index (χ1n) is 15.4. The number of carbonyl (C=O) groups is 2. The number of hydrogen-bond acceptors (Lipinski definition) is 7. The summed E-state index contributed by atoms with van der Waals surface area (Å²) in [6, 6.07) is -0.537. The smallest absolute Gasteiger partial charge is 0.421 e. The van der Waals surface area contributed by atoms with Crippen LogP contribution in [0.2, 0.25) is 0 Å². The van der Waals surface area contributed by atoms with Crippen molar-refractivity contribution in [3.63, 3.8) is 0 Å². The van der Waals surface area contributed by atoms with Crippen molar-refractivity contribution in [1.29, 1.82) is 0 Å². The van der Waals surface area contributed by atoms with Gasteiger partial charge in [0.25, 0.3) is 5.91 Å². The van der Waals surface area contributed by atoms with Gasteiger partial charge in [-0.2, -0.15) is 17.5 Å². The molecule has 5 rings (SSSR count). The van der Waals surface area contributed by atoms with E-state index in [2.05, 4.69) is 15.6 Å². The van der Waals surface area contributed by atoms with Crippen molar-refractivity contribution in [3.05, 3.63) is 47.2 Å². The first-order valence-corrected chi connectivity index (χ1v) is 17.3. The van der Waals surface area contributed by atoms with E-state index in [1.165, 1.54) is 4.90 Å². The van der Waals surface area contributed by atoms with Gasteiger partial charge in [0.15, 0.2) is 0 Å². The summed E-state index contributed by atoms with van der Waals surface area (Å²) in [5, 5.41) is 4.94. The summed E-state index contributed by atoms with van der Waals surface area (Å²) in [5.74, 6) is -6.91. The molecule has 3 amide bonds. The number of pyridine rings is 1. The van der Waals surface area contributed by atoms with Gasteiger partial charge >= 0.3 is 12.2 Å². The fourth-order valence-electron chi connectivity index (χ4n) is 6.70. The molecule has 3 heterocycles. The number of hydrogen-bond donors (Lipinski definition) is 2. The Morgan fingerprint density at radius 1 is 1.02 bits per heavy atom. The van der Waals surface area contributed by atoms with Crippen LogP contribution in [0, 0.1) is 17.6 Å². The lowest BCUT2D eigenvalue weighted by Gasteiger charge is -2.36. The minimum atomic E-state index is -5.10. The summed E-state index contributed by atoms with van der Waals surface area (Å²) in [6.07, 6.45) is -4.91. The monoisotopic (exact) mass is 724 g/mol. The van der Waals surface area contributed by atoms with Crippen molar-refractivity contribution >= 4 is 33.5 Å². The summed E-state index contributed by atoms with van der Waals surface area (Å²) < 4.78 is 131. The molecule has 1 aromatic carbocycles. The molecule has 2 atom stereocenters. The first-order chi connectivity index (χ1) is 23.0. The molecule has 2 aliphatic heterocycles. The number of carbonyl (C=O) groups excluding carboxylic acids is 2. The maximum atomic E-state index is 15.4. The van der Waals surface area contributed by atoms with Crippen molar-refractivity contribution in [3.8, 4) is 5.75 Å². The summed E-state index contributed by atoms with van der Waals surface area (Å²) in [7, 11) is -2.43. The maximum absolute atomic E-state index is 15.4. The average Bonchev–Trinajstić information content (AvgIpc) is 3.34. The van der Waals surface area contributed by atoms with E-state index >= 15 is 8.78 Å². The number of nitrogens with zero attached hydrogens (tertiary/aromatic N) is 4. The molecule has 0 unspecified atom stereocenters. The molecule has 11 nitrogen and oxygen atoms in total. The number of rotatable bonds is 8. The Hall–Kier alpha value is -3.87. The normalized spacial score (nSPS) is 24.0. The third-order valence-corrected chi connectivity index (χ3v) is 10.5. The molecule has 2 saturated heterocycles. The van der Waals surface area contributed by atoms with Crippen LogP contribution in [0.15, 0.2) is 24.4 Å². The standard InChI is InChI=1S/C30H35F7N6O5S/c1-48-18-13-20(31)23(21(32)14-18)19-15-43(28(44)25(19)40-29(45)39-17-5-3-16(4-6-17)26(33)34)27-24(30(35,36)37)22(7-8-38-27)41-9-11-42(12-10-41)49(2,46)47/h7-8,13-14,16-17,19,25-26H,3-6,9-12,15H2,1-2H3,(H2,39,40,45)/t16?,17?,19-,25-/m0/s1. The molecule has 3 aliphatic rings. The van der Waals surface area contributed by atoms with E-state index < -0.39 is 93.6 Å². The lowest BCUT2D eigenvalue weighted by atomic mass is 9.86. The number of sulfonamides is 1. The molecule has 2 N–H and O–H groups in total. The van der Waals surface area contributed by atoms with Crippen LogP contribution >= 0.6 is 0 Å². The van der Waals surface area contributed by atoms with Crippen molar-refractivity contribution < 1.29 is 53.5 Å². The molecule has 1 aromatic heterocycles. The number of piperazine rings is 1. The summed E-state index contributed by atoms with van der Waals surface area (Å²) in [4.78, 5) is 32.8. The van der Waals surface area contributed by atoms with E-state index in [1.807, 2.05) is 0 Å². The van der Waals surface area contributed by atoms with Gasteiger partial charge in [-0.15, -0.1) is 0 Å². The zero-order valence-corrected chi connectivity index (χ0v) is 27.3. The lowest BCUT2D eigenvalue weighted by molar-refractivity contribution is -0.136. The lowest BCUT2D eigenvalue weighted by Crippen LogP contribution is -2.51. The molecule has 3 fully saturated rings. The van der Waals surface area contributed by atoms with Crippen LogP contribution in [0.4, 0.5) is 47.0 Å². The number of aromatic nitrogens is 1. The highest BCUT2D eigenvalue weighted by molar-refractivity contribution is 7.88. The van der Waals surface area contributed by atoms with Gasteiger partial charge in [0, 0.05) is 74.5 Å². The Kier molecular flexibility index (Phi) is 10.5. The topological polar surface area (TPSA) is 124 Å². The van der Waals surface area contributed by atoms with E-state index in [0.29, 0.717) is 4.90 Å². The molecule has 1 saturated carbocycles. The van der Waals surface area contributed by atoms with Crippen LogP contribution < -0.4 is 25.2 Å². The summed E-state index contributed by atoms with van der Waals surface area (Å²) >= 11 is 0. The predicted octanol–water partition coefficient (Wildman–Crippen LogP) is 4.09. The van der Waals surface area contributed by atoms with E-state index in [0.717, 1.165) is 42.1 Å². The number of amides is 3. The van der Waals surface area contributed by atoms with Gasteiger partial charge in [0.05, 0.1) is 19.1 Å². The second kappa shape index (κ2) is 14.2. The number of ether oxygens (including phenoxy) is 1. The molecule has 270 valence electrons. The molecule has 49 heavy (non-hydrogen) atoms. The highest BCUT2D eigenvalue weighted by Gasteiger charge is 2.49. The first kappa shape index (κ1) is 36.4. The van der Waals surface area contributed by atoms with Gasteiger partial charge in [0.2, 0.25) is 16.4 Å². The number of anilines is 2. The molecular formula is C30H35F7N6O5S. The Balaban J connectivity index is 1.48. The van der Waals surface area contributed by atoms with Gasteiger partial charge in [-0.3, -0.25) is 9.69 Å². The number of halogens is 7. The minimum absolute atomic E-state index is 0.0978. The van der Waals surface area contributed by atoms with Crippen LogP contribution in [0.3, 0.4) is 0 Å². The SMILES string of the molecule is COc1cc(F)c([C@@H]2CN(c3nccc(N4CCN(S(C)(=O)=O)CC4)c3C(F)(F)F)C(=O)[C@H]2NC(=O)NC2CCC(C(F)F)CC2)c(F)c1. The number of alkyl halides is 5. The third kappa shape index (κ3) is 7.81. The highest BCUT2D eigenvalue weighted by Crippen LogP contribution is 2.45. The van der Waals surface area contributed by atoms with Crippen molar-refractivity contribution in [2.45, 2.75) is 56.3 Å². The number of urea groups is 1. The predicted molar refractivity (Wildman–Crippen MR) is 163 cm³/mol. The second-order valence-corrected chi connectivity index (χ2v) is 14.3. The van der Waals surface area contributed by atoms with Crippen LogP contribution in [0.25, 0.3) is 0 Å². The average molecular weight is 725 g/mol. The van der Waals surface area contributed by atoms with E-state index in [1.54, 1.807) is 0 Å². The molecule has 1 aliphatic carbocycles. The molecular weight excluding hydrogens is 689 g/mol. The molecule has 0 bridgehead atoms. The highest BCUT2D eigenvalue weighted by atomic mass is 32.2. The summed E-state index contributed by atoms with van der Waals surface area (Å²) in [5.41, 5.74) is -2.39. The third-order valence-electron chi connectivity index (χ3n) is 9.22. The molecule has 2 aromatic rings. The number of methoxy groups -OCH3 is 1. The summed E-state index contributed by atoms with van der Waals surface area (Å²) in [6.45, 7) is -1.13. The van der Waals surface area contributed by atoms with Crippen LogP contribution in [-0.2, 0) is 21.0 Å². The van der Waals surface area contributed by atoms with Gasteiger partial charge < -0.3 is 20.3 Å². The number of benzene rings is 1. The Morgan fingerprint density at radius 2 is 1.63 bits per heavy atom. The fourth-order valence-corrected chi connectivity index (χ4v) is 7.53. The molecule has 0 radical (unpaired) electrons. The van der Waals surface area contributed by atoms with E-state index in [4.69, 9.17) is 4.74 Å². The van der Waals surface area contributed by atoms with Crippen LogP contribution in [0.1, 0.15) is 42.7 Å². The minimum Gasteiger partial charge on any atom is -0.497 e. The van der Waals surface area contributed by atoms with E-state index in [-0.39, 0.29) is 63.3 Å². The van der Waals surface area contributed by atoms with Crippen LogP contribution in [0.5, 0.6) is 5.75 Å². The van der Waals surface area contributed by atoms with Gasteiger partial charge in [-0.05, 0) is 31.7 Å². The zero-order valence-electron chi connectivity index (χ0n) is 26.4. The van der Waals surface area contributed by atoms with Crippen molar-refractivity contribution in [1.82, 2.24) is 19.9 Å². The zero-order chi connectivity index (χ0) is 35.8.